The van der Waals surface area contributed by atoms with Gasteiger partial charge in [0.25, 0.3) is 0 Å². The summed E-state index contributed by atoms with van der Waals surface area (Å²) in [6, 6.07) is 21.3. The van der Waals surface area contributed by atoms with Crippen molar-refractivity contribution < 1.29 is 9.18 Å². The standard InChI is InChI=1S/C28H19ClFN3O/c1-17-2-4-19(5-3-17)27(34)26-25(18-6-10-22(30)11-7-18)28(15-31,16-32)24-13-8-20-14-21(29)9-12-23(20)33(24)26/h2-14,24-26H,1H3/t24-,25-,26+/m1/s1. The van der Waals surface area contributed by atoms with Crippen LogP contribution in [0.25, 0.3) is 6.08 Å². The van der Waals surface area contributed by atoms with Gasteiger partial charge in [0.2, 0.25) is 0 Å². The fourth-order valence-electron chi connectivity index (χ4n) is 5.20. The van der Waals surface area contributed by atoms with Crippen molar-refractivity contribution in [2.75, 3.05) is 4.90 Å². The zero-order valence-electron chi connectivity index (χ0n) is 18.2. The van der Waals surface area contributed by atoms with Gasteiger partial charge in [-0.1, -0.05) is 65.7 Å². The third-order valence-corrected chi connectivity index (χ3v) is 7.04. The summed E-state index contributed by atoms with van der Waals surface area (Å²) in [5.41, 5.74) is 2.01. The molecule has 3 atom stereocenters. The molecule has 2 aliphatic rings. The summed E-state index contributed by atoms with van der Waals surface area (Å²) in [5.74, 6) is -1.45. The van der Waals surface area contributed by atoms with Crippen LogP contribution < -0.4 is 4.90 Å². The van der Waals surface area contributed by atoms with E-state index in [0.717, 1.165) is 16.8 Å². The number of hydrogen-bond donors (Lipinski definition) is 0. The Morgan fingerprint density at radius 3 is 2.35 bits per heavy atom. The first kappa shape index (κ1) is 21.9. The van der Waals surface area contributed by atoms with Crippen LogP contribution in [-0.2, 0) is 0 Å². The fraction of sp³-hybridized carbons (Fsp3) is 0.179. The van der Waals surface area contributed by atoms with Crippen LogP contribution in [0.5, 0.6) is 0 Å². The summed E-state index contributed by atoms with van der Waals surface area (Å²) < 4.78 is 13.8. The molecule has 0 N–H and O–H groups in total. The number of benzene rings is 3. The Labute approximate surface area is 202 Å². The maximum atomic E-state index is 14.1. The van der Waals surface area contributed by atoms with Gasteiger partial charge in [-0.25, -0.2) is 4.39 Å². The van der Waals surface area contributed by atoms with Gasteiger partial charge >= 0.3 is 0 Å². The zero-order chi connectivity index (χ0) is 24.0. The smallest absolute Gasteiger partial charge is 0.185 e. The van der Waals surface area contributed by atoms with Crippen LogP contribution >= 0.6 is 11.6 Å². The second-order valence-electron chi connectivity index (χ2n) is 8.71. The van der Waals surface area contributed by atoms with Crippen molar-refractivity contribution in [2.45, 2.75) is 24.9 Å². The molecular formula is C28H19ClFN3O. The molecule has 0 saturated carbocycles. The molecular weight excluding hydrogens is 449 g/mol. The number of fused-ring (bicyclic) bond motifs is 3. The van der Waals surface area contributed by atoms with Crippen LogP contribution in [0.4, 0.5) is 10.1 Å². The lowest BCUT2D eigenvalue weighted by atomic mass is 9.69. The largest absolute Gasteiger partial charge is 0.351 e. The average Bonchev–Trinajstić information content (AvgIpc) is 3.15. The van der Waals surface area contributed by atoms with E-state index in [1.165, 1.54) is 12.1 Å². The second-order valence-corrected chi connectivity index (χ2v) is 9.15. The maximum Gasteiger partial charge on any atom is 0.185 e. The highest BCUT2D eigenvalue weighted by atomic mass is 35.5. The van der Waals surface area contributed by atoms with Gasteiger partial charge in [-0.05, 0) is 48.4 Å². The summed E-state index contributed by atoms with van der Waals surface area (Å²) in [6.45, 7) is 1.94. The van der Waals surface area contributed by atoms with Crippen LogP contribution in [0.3, 0.4) is 0 Å². The zero-order valence-corrected chi connectivity index (χ0v) is 19.0. The van der Waals surface area contributed by atoms with Crippen molar-refractivity contribution in [2.24, 2.45) is 5.41 Å². The predicted octanol–water partition coefficient (Wildman–Crippen LogP) is 6.07. The maximum absolute atomic E-state index is 14.1. The van der Waals surface area contributed by atoms with Gasteiger partial charge < -0.3 is 4.90 Å². The average molecular weight is 468 g/mol. The Kier molecular flexibility index (Phi) is 5.24. The molecule has 34 heavy (non-hydrogen) atoms. The molecule has 2 aliphatic heterocycles. The lowest BCUT2D eigenvalue weighted by molar-refractivity contribution is 0.0951. The van der Waals surface area contributed by atoms with E-state index in [4.69, 9.17) is 11.6 Å². The number of ketones is 1. The molecule has 6 heteroatoms. The van der Waals surface area contributed by atoms with Crippen molar-refractivity contribution in [3.63, 3.8) is 0 Å². The van der Waals surface area contributed by atoms with Gasteiger partial charge in [0, 0.05) is 22.2 Å². The number of anilines is 1. The summed E-state index contributed by atoms with van der Waals surface area (Å²) in [5, 5.41) is 21.3. The van der Waals surface area contributed by atoms with Crippen LogP contribution in [-0.4, -0.2) is 17.9 Å². The predicted molar refractivity (Wildman–Crippen MR) is 129 cm³/mol. The number of nitrogens with zero attached hydrogens (tertiary/aromatic N) is 3. The van der Waals surface area contributed by atoms with Crippen molar-refractivity contribution in [1.29, 1.82) is 10.5 Å². The lowest BCUT2D eigenvalue weighted by Gasteiger charge is -2.35. The Hall–Kier alpha value is -3.93. The number of rotatable bonds is 3. The third kappa shape index (κ3) is 3.21. The first-order valence-corrected chi connectivity index (χ1v) is 11.2. The fourth-order valence-corrected chi connectivity index (χ4v) is 5.38. The van der Waals surface area contributed by atoms with Crippen LogP contribution in [0.1, 0.15) is 33.0 Å². The highest BCUT2D eigenvalue weighted by Crippen LogP contribution is 2.55. The van der Waals surface area contributed by atoms with E-state index in [0.29, 0.717) is 16.1 Å². The van der Waals surface area contributed by atoms with Crippen molar-refractivity contribution >= 4 is 29.1 Å². The molecule has 166 valence electrons. The molecule has 0 amide bonds. The molecule has 1 saturated heterocycles. The van der Waals surface area contributed by atoms with Gasteiger partial charge in [-0.3, -0.25) is 4.79 Å². The summed E-state index contributed by atoms with van der Waals surface area (Å²) in [7, 11) is 0. The molecule has 2 heterocycles. The molecule has 5 rings (SSSR count). The highest BCUT2D eigenvalue weighted by molar-refractivity contribution is 6.30. The molecule has 0 bridgehead atoms. The molecule has 0 unspecified atom stereocenters. The number of aryl methyl sites for hydroxylation is 1. The molecule has 0 spiro atoms. The summed E-state index contributed by atoms with van der Waals surface area (Å²) >= 11 is 6.22. The van der Waals surface area contributed by atoms with E-state index in [9.17, 15) is 19.7 Å². The van der Waals surface area contributed by atoms with Crippen LogP contribution in [0.15, 0.2) is 72.8 Å². The number of hydrogen-bond acceptors (Lipinski definition) is 4. The van der Waals surface area contributed by atoms with Gasteiger partial charge in [0.15, 0.2) is 11.2 Å². The molecule has 3 aromatic rings. The third-order valence-electron chi connectivity index (χ3n) is 6.80. The number of halogens is 2. The topological polar surface area (TPSA) is 67.9 Å². The second kappa shape index (κ2) is 8.13. The minimum atomic E-state index is -1.57. The van der Waals surface area contributed by atoms with Gasteiger partial charge in [0.05, 0.1) is 18.2 Å². The minimum absolute atomic E-state index is 0.206. The van der Waals surface area contributed by atoms with Crippen LogP contribution in [0, 0.1) is 40.8 Å². The SMILES string of the molecule is Cc1ccc(C(=O)[C@@H]2[C@@H](c3ccc(F)cc3)C(C#N)(C#N)[C@H]3C=Cc4cc(Cl)ccc4N23)cc1. The molecule has 1 fully saturated rings. The van der Waals surface area contributed by atoms with Crippen molar-refractivity contribution in [1.82, 2.24) is 0 Å². The van der Waals surface area contributed by atoms with Crippen molar-refractivity contribution in [3.8, 4) is 12.1 Å². The molecule has 4 nitrogen and oxygen atoms in total. The summed E-state index contributed by atoms with van der Waals surface area (Å²) in [6.07, 6.45) is 3.64. The quantitative estimate of drug-likeness (QED) is 0.438. The van der Waals surface area contributed by atoms with Crippen molar-refractivity contribution in [3.05, 3.63) is 106 Å². The molecule has 0 aromatic heterocycles. The van der Waals surface area contributed by atoms with E-state index < -0.39 is 29.2 Å². The van der Waals surface area contributed by atoms with Gasteiger partial charge in [0.1, 0.15) is 11.9 Å². The first-order chi connectivity index (χ1) is 16.4. The Bertz CT molecular complexity index is 1390. The van der Waals surface area contributed by atoms with E-state index >= 15 is 0 Å². The molecule has 0 radical (unpaired) electrons. The number of Topliss-reactive ketones (excluding diaryl/α,β-unsaturated/α-hetero) is 1. The van der Waals surface area contributed by atoms with E-state index in [2.05, 4.69) is 12.1 Å². The normalized spacial score (nSPS) is 21.8. The van der Waals surface area contributed by atoms with Gasteiger partial charge in [-0.15, -0.1) is 0 Å². The Morgan fingerprint density at radius 1 is 1.03 bits per heavy atom. The minimum Gasteiger partial charge on any atom is -0.351 e. The first-order valence-electron chi connectivity index (χ1n) is 10.8. The molecule has 3 aromatic carbocycles. The van der Waals surface area contributed by atoms with E-state index in [-0.39, 0.29) is 5.78 Å². The molecule has 0 aliphatic carbocycles. The summed E-state index contributed by atoms with van der Waals surface area (Å²) in [4.78, 5) is 15.9. The highest BCUT2D eigenvalue weighted by Gasteiger charge is 2.63. The van der Waals surface area contributed by atoms with Crippen LogP contribution in [0.2, 0.25) is 5.02 Å². The van der Waals surface area contributed by atoms with E-state index in [1.807, 2.05) is 36.1 Å². The number of carbonyl (C=O) groups is 1. The monoisotopic (exact) mass is 467 g/mol. The lowest BCUT2D eigenvalue weighted by Crippen LogP contribution is -2.44. The van der Waals surface area contributed by atoms with E-state index in [1.54, 1.807) is 42.5 Å². The number of nitriles is 2. The Morgan fingerprint density at radius 2 is 1.71 bits per heavy atom. The number of carbonyl (C=O) groups excluding carboxylic acids is 1. The Balaban J connectivity index is 1.78. The van der Waals surface area contributed by atoms with Gasteiger partial charge in [-0.2, -0.15) is 10.5 Å².